The monoisotopic (exact) mass is 549 g/mol. The third-order valence-corrected chi connectivity index (χ3v) is 5.98. The van der Waals surface area contributed by atoms with Crippen molar-refractivity contribution in [3.8, 4) is 11.1 Å². The number of ether oxygens (including phenoxy) is 2. The Morgan fingerprint density at radius 3 is 1.98 bits per heavy atom. The number of nitrogens with one attached hydrogen (secondary N) is 1. The van der Waals surface area contributed by atoms with E-state index in [9.17, 15) is 28.8 Å². The fraction of sp³-hybridized carbons (Fsp3) is 0.355. The van der Waals surface area contributed by atoms with E-state index >= 15 is 0 Å². The van der Waals surface area contributed by atoms with Gasteiger partial charge in [-0.1, -0.05) is 37.3 Å². The van der Waals surface area contributed by atoms with Crippen LogP contribution >= 0.6 is 0 Å². The number of allylic oxidation sites excluding steroid dienone is 2. The Morgan fingerprint density at radius 1 is 0.850 bits per heavy atom. The van der Waals surface area contributed by atoms with Crippen molar-refractivity contribution < 1.29 is 38.2 Å². The standard InChI is InChI=1S/C20H21NO4.C6H10O2.C5H4O2/c1-3-6-19(22)21-13-9-10-16-14-7-4-5-8-15(14)18(17(16)11-13)12-25-20(23)24-2;1-5(7)3-4-6(2)8;6-4-1-2-5(7)3-4/h4-5,7-11,18H,3,6,12H2,1-2H3,(H,21,22);3-4H2,1-2H3;1-2H,3H2. The predicted molar refractivity (Wildman–Crippen MR) is 150 cm³/mol. The number of amides is 1. The van der Waals surface area contributed by atoms with Gasteiger partial charge in [0.05, 0.1) is 13.5 Å². The second-order valence-electron chi connectivity index (χ2n) is 9.35. The molecule has 0 saturated heterocycles. The molecule has 2 aromatic carbocycles. The molecule has 2 aliphatic carbocycles. The van der Waals surface area contributed by atoms with Crippen LogP contribution in [0.15, 0.2) is 54.6 Å². The quantitative estimate of drug-likeness (QED) is 0.344. The highest BCUT2D eigenvalue weighted by Gasteiger charge is 2.30. The first kappa shape index (κ1) is 31.8. The Labute approximate surface area is 233 Å². The Morgan fingerprint density at radius 2 is 1.45 bits per heavy atom. The molecule has 2 aliphatic rings. The molecule has 40 heavy (non-hydrogen) atoms. The minimum Gasteiger partial charge on any atom is -0.438 e. The molecule has 1 unspecified atom stereocenters. The Balaban J connectivity index is 0.000000305. The molecule has 0 spiro atoms. The number of anilines is 1. The zero-order valence-electron chi connectivity index (χ0n) is 23.3. The lowest BCUT2D eigenvalue weighted by molar-refractivity contribution is -0.122. The zero-order valence-corrected chi connectivity index (χ0v) is 23.3. The van der Waals surface area contributed by atoms with E-state index in [0.717, 1.165) is 34.4 Å². The number of hydrogen-bond acceptors (Lipinski definition) is 8. The van der Waals surface area contributed by atoms with E-state index in [-0.39, 0.29) is 48.0 Å². The summed E-state index contributed by atoms with van der Waals surface area (Å²) in [6, 6.07) is 13.9. The largest absolute Gasteiger partial charge is 0.508 e. The van der Waals surface area contributed by atoms with Gasteiger partial charge in [0.25, 0.3) is 0 Å². The van der Waals surface area contributed by atoms with Gasteiger partial charge in [-0.3, -0.25) is 14.4 Å². The number of methoxy groups -OCH3 is 1. The van der Waals surface area contributed by atoms with Crippen LogP contribution in [0.5, 0.6) is 0 Å². The van der Waals surface area contributed by atoms with Crippen LogP contribution in [0.25, 0.3) is 11.1 Å². The second-order valence-corrected chi connectivity index (χ2v) is 9.35. The molecule has 1 atom stereocenters. The zero-order chi connectivity index (χ0) is 29.7. The summed E-state index contributed by atoms with van der Waals surface area (Å²) < 4.78 is 9.77. The summed E-state index contributed by atoms with van der Waals surface area (Å²) in [5, 5.41) is 2.92. The summed E-state index contributed by atoms with van der Waals surface area (Å²) in [6.07, 6.45) is 4.10. The number of carbonyl (C=O) groups excluding carboxylic acids is 6. The van der Waals surface area contributed by atoms with Crippen LogP contribution in [0.4, 0.5) is 10.5 Å². The average Bonchev–Trinajstić information content (AvgIpc) is 3.45. The van der Waals surface area contributed by atoms with Crippen molar-refractivity contribution in [3.05, 3.63) is 65.7 Å². The van der Waals surface area contributed by atoms with Crippen LogP contribution in [-0.4, -0.2) is 48.9 Å². The van der Waals surface area contributed by atoms with E-state index in [2.05, 4.69) is 16.1 Å². The van der Waals surface area contributed by atoms with Gasteiger partial charge in [-0.05, 0) is 66.8 Å². The third-order valence-electron chi connectivity index (χ3n) is 5.98. The molecule has 2 aromatic rings. The summed E-state index contributed by atoms with van der Waals surface area (Å²) in [5.74, 6) is -0.0657. The third kappa shape index (κ3) is 10.1. The molecule has 0 aliphatic heterocycles. The molecular weight excluding hydrogens is 514 g/mol. The molecule has 0 radical (unpaired) electrons. The van der Waals surface area contributed by atoms with Gasteiger partial charge in [-0.25, -0.2) is 4.79 Å². The minimum atomic E-state index is -0.696. The molecule has 1 amide bonds. The van der Waals surface area contributed by atoms with E-state index in [1.807, 2.05) is 43.3 Å². The number of ketones is 4. The van der Waals surface area contributed by atoms with Gasteiger partial charge in [0.15, 0.2) is 11.6 Å². The number of rotatable bonds is 8. The fourth-order valence-electron chi connectivity index (χ4n) is 4.06. The van der Waals surface area contributed by atoms with Crippen molar-refractivity contribution >= 4 is 40.9 Å². The van der Waals surface area contributed by atoms with Crippen LogP contribution in [0, 0.1) is 0 Å². The van der Waals surface area contributed by atoms with Crippen LogP contribution in [-0.2, 0) is 33.4 Å². The maximum absolute atomic E-state index is 11.9. The molecule has 9 nitrogen and oxygen atoms in total. The van der Waals surface area contributed by atoms with Crippen molar-refractivity contribution in [3.63, 3.8) is 0 Å². The number of benzene rings is 2. The fourth-order valence-corrected chi connectivity index (χ4v) is 4.06. The summed E-state index contributed by atoms with van der Waals surface area (Å²) >= 11 is 0. The Kier molecular flexibility index (Phi) is 12.6. The maximum atomic E-state index is 11.9. The molecule has 0 saturated carbocycles. The van der Waals surface area contributed by atoms with Gasteiger partial charge in [-0.2, -0.15) is 0 Å². The number of carbonyl (C=O) groups is 6. The highest BCUT2D eigenvalue weighted by atomic mass is 16.7. The smallest absolute Gasteiger partial charge is 0.438 e. The van der Waals surface area contributed by atoms with Crippen LogP contribution in [0.2, 0.25) is 0 Å². The summed E-state index contributed by atoms with van der Waals surface area (Å²) in [5.41, 5.74) is 5.14. The molecule has 0 aromatic heterocycles. The highest BCUT2D eigenvalue weighted by molar-refractivity contribution is 6.16. The molecule has 0 bridgehead atoms. The second kappa shape index (κ2) is 15.9. The normalized spacial score (nSPS) is 14.1. The van der Waals surface area contributed by atoms with Crippen LogP contribution in [0.1, 0.15) is 69.9 Å². The van der Waals surface area contributed by atoms with E-state index in [1.54, 1.807) is 0 Å². The Hall–Kier alpha value is -4.40. The lowest BCUT2D eigenvalue weighted by atomic mass is 9.97. The minimum absolute atomic E-state index is 0.000298. The van der Waals surface area contributed by atoms with Gasteiger partial charge in [0.1, 0.15) is 18.2 Å². The van der Waals surface area contributed by atoms with Crippen LogP contribution < -0.4 is 5.32 Å². The van der Waals surface area contributed by atoms with Crippen molar-refractivity contribution in [2.24, 2.45) is 0 Å². The molecule has 9 heteroatoms. The first-order valence-corrected chi connectivity index (χ1v) is 13.0. The summed E-state index contributed by atoms with van der Waals surface area (Å²) in [4.78, 5) is 63.9. The molecule has 0 fully saturated rings. The van der Waals surface area contributed by atoms with Gasteiger partial charge in [0.2, 0.25) is 5.91 Å². The van der Waals surface area contributed by atoms with Crippen molar-refractivity contribution in [1.29, 1.82) is 0 Å². The highest BCUT2D eigenvalue weighted by Crippen LogP contribution is 2.45. The Bertz CT molecular complexity index is 1260. The predicted octanol–water partition coefficient (Wildman–Crippen LogP) is 5.35. The molecular formula is C31H35NO8. The van der Waals surface area contributed by atoms with E-state index < -0.39 is 6.16 Å². The van der Waals surface area contributed by atoms with Crippen molar-refractivity contribution in [2.75, 3.05) is 19.0 Å². The summed E-state index contributed by atoms with van der Waals surface area (Å²) in [6.45, 7) is 5.15. The van der Waals surface area contributed by atoms with Gasteiger partial charge in [-0.15, -0.1) is 0 Å². The van der Waals surface area contributed by atoms with Crippen LogP contribution in [0.3, 0.4) is 0 Å². The number of fused-ring (bicyclic) bond motifs is 3. The maximum Gasteiger partial charge on any atom is 0.508 e. The summed E-state index contributed by atoms with van der Waals surface area (Å²) in [7, 11) is 1.29. The lowest BCUT2D eigenvalue weighted by Gasteiger charge is -2.14. The lowest BCUT2D eigenvalue weighted by Crippen LogP contribution is -2.13. The van der Waals surface area contributed by atoms with E-state index in [1.165, 1.54) is 33.1 Å². The van der Waals surface area contributed by atoms with Gasteiger partial charge in [0, 0.05) is 30.9 Å². The van der Waals surface area contributed by atoms with Crippen molar-refractivity contribution in [2.45, 2.75) is 58.8 Å². The van der Waals surface area contributed by atoms with E-state index in [0.29, 0.717) is 19.3 Å². The van der Waals surface area contributed by atoms with Gasteiger partial charge >= 0.3 is 6.16 Å². The topological polar surface area (TPSA) is 133 Å². The SMILES string of the molecule is CC(=O)CCC(C)=O.CCCC(=O)Nc1ccc2c(c1)C(COC(=O)OC)c1ccccc1-2.O=C1C=CC(=O)C1. The molecule has 4 rings (SSSR count). The van der Waals surface area contributed by atoms with Crippen molar-refractivity contribution in [1.82, 2.24) is 0 Å². The molecule has 1 N–H and O–H groups in total. The first-order chi connectivity index (χ1) is 19.0. The molecule has 0 heterocycles. The van der Waals surface area contributed by atoms with Gasteiger partial charge < -0.3 is 24.4 Å². The van der Waals surface area contributed by atoms with E-state index in [4.69, 9.17) is 4.74 Å². The molecule has 212 valence electrons. The number of hydrogen-bond donors (Lipinski definition) is 1. The number of Topliss-reactive ketones (excluding diaryl/α,β-unsaturated/α-hetero) is 2. The first-order valence-electron chi connectivity index (χ1n) is 13.0. The average molecular weight is 550 g/mol.